The van der Waals surface area contributed by atoms with Gasteiger partial charge in [-0.1, -0.05) is 194 Å². The first kappa shape index (κ1) is 37.9. The lowest BCUT2D eigenvalue weighted by Crippen LogP contribution is -2.17. The van der Waals surface area contributed by atoms with Gasteiger partial charge in [0.05, 0.1) is 0 Å². The van der Waals surface area contributed by atoms with Gasteiger partial charge in [0, 0.05) is 0 Å². The van der Waals surface area contributed by atoms with E-state index in [-0.39, 0.29) is 0 Å². The molecule has 0 aromatic heterocycles. The van der Waals surface area contributed by atoms with Crippen LogP contribution in [-0.4, -0.2) is 0 Å². The predicted octanol–water partition coefficient (Wildman–Crippen LogP) is 15.0. The molecule has 0 spiro atoms. The number of hydrogen-bond acceptors (Lipinski definition) is 0. The summed E-state index contributed by atoms with van der Waals surface area (Å²) in [7, 11) is 0. The van der Waals surface area contributed by atoms with Crippen LogP contribution >= 0.6 is 0 Å². The Kier molecular flexibility index (Phi) is 17.4. The Bertz CT molecular complexity index is 1050. The van der Waals surface area contributed by atoms with Crippen molar-refractivity contribution in [3.8, 4) is 11.1 Å². The van der Waals surface area contributed by atoms with E-state index >= 15 is 0 Å². The minimum atomic E-state index is 0.623. The van der Waals surface area contributed by atoms with Crippen LogP contribution < -0.4 is 0 Å². The fourth-order valence-corrected chi connectivity index (χ4v) is 8.81. The molecule has 0 amide bonds. The maximum atomic E-state index is 2.51. The fraction of sp³-hybridized carbons (Fsp3) is 0.733. The first-order valence-electron chi connectivity index (χ1n) is 20.2. The average Bonchev–Trinajstić information content (AvgIpc) is 3.46. The van der Waals surface area contributed by atoms with E-state index in [1.165, 1.54) is 171 Å². The maximum Gasteiger partial charge on any atom is -0.00106 e. The van der Waals surface area contributed by atoms with E-state index in [9.17, 15) is 0 Å². The second kappa shape index (κ2) is 20.6. The standard InChI is InChI=1S/C45H74/c1-7-44(8-2,9-3)35-27-21-17-13-15-19-23-29-38-33-34-42-41-32-26-25-30-39(41)37-43(42)40(38)31-24-20-16-14-18-22-28-36-45(10-4,11-5)12-6/h25-26,30,32-34H,7-24,27-29,31,35-37H2,1-6H3. The second-order valence-corrected chi connectivity index (χ2v) is 15.1. The predicted molar refractivity (Wildman–Crippen MR) is 203 cm³/mol. The Hall–Kier alpha value is -1.56. The van der Waals surface area contributed by atoms with Crippen LogP contribution in [0.3, 0.4) is 0 Å². The van der Waals surface area contributed by atoms with Crippen LogP contribution in [0.1, 0.15) is 205 Å². The molecule has 0 atom stereocenters. The zero-order valence-corrected chi connectivity index (χ0v) is 31.1. The lowest BCUT2D eigenvalue weighted by molar-refractivity contribution is 0.220. The van der Waals surface area contributed by atoms with Crippen LogP contribution in [-0.2, 0) is 19.3 Å². The summed E-state index contributed by atoms with van der Waals surface area (Å²) >= 11 is 0. The summed E-state index contributed by atoms with van der Waals surface area (Å²) in [5.41, 5.74) is 10.9. The first-order chi connectivity index (χ1) is 22.0. The number of unbranched alkanes of at least 4 members (excludes halogenated alkanes) is 12. The minimum absolute atomic E-state index is 0.623. The number of rotatable bonds is 26. The van der Waals surface area contributed by atoms with Crippen molar-refractivity contribution >= 4 is 0 Å². The Balaban J connectivity index is 1.41. The highest BCUT2D eigenvalue weighted by Gasteiger charge is 2.24. The number of aryl methyl sites for hydroxylation is 1. The van der Waals surface area contributed by atoms with Gasteiger partial charge in [0.2, 0.25) is 0 Å². The van der Waals surface area contributed by atoms with E-state index in [1.54, 1.807) is 16.7 Å². The quantitative estimate of drug-likeness (QED) is 0.0789. The summed E-state index contributed by atoms with van der Waals surface area (Å²) in [6, 6.07) is 14.1. The van der Waals surface area contributed by atoms with Gasteiger partial charge in [-0.15, -0.1) is 0 Å². The lowest BCUT2D eigenvalue weighted by atomic mass is 9.75. The molecule has 0 saturated heterocycles. The first-order valence-corrected chi connectivity index (χ1v) is 20.2. The van der Waals surface area contributed by atoms with Gasteiger partial charge in [0.1, 0.15) is 0 Å². The summed E-state index contributed by atoms with van der Waals surface area (Å²) in [4.78, 5) is 0. The Morgan fingerprint density at radius 1 is 0.444 bits per heavy atom. The van der Waals surface area contributed by atoms with Crippen molar-refractivity contribution in [2.75, 3.05) is 0 Å². The van der Waals surface area contributed by atoms with Crippen LogP contribution in [0.5, 0.6) is 0 Å². The molecule has 0 bridgehead atoms. The molecule has 0 radical (unpaired) electrons. The molecule has 0 fully saturated rings. The van der Waals surface area contributed by atoms with Crippen molar-refractivity contribution in [1.82, 2.24) is 0 Å². The van der Waals surface area contributed by atoms with E-state index < -0.39 is 0 Å². The third-order valence-electron chi connectivity index (χ3n) is 13.0. The molecule has 2 aromatic carbocycles. The van der Waals surface area contributed by atoms with Gasteiger partial charge in [0.25, 0.3) is 0 Å². The van der Waals surface area contributed by atoms with Crippen LogP contribution in [0.15, 0.2) is 36.4 Å². The molecule has 0 heterocycles. The molecular weight excluding hydrogens is 540 g/mol. The zero-order chi connectivity index (χ0) is 32.4. The molecular formula is C45H74. The van der Waals surface area contributed by atoms with Crippen molar-refractivity contribution in [3.05, 3.63) is 58.7 Å². The Labute approximate surface area is 282 Å². The van der Waals surface area contributed by atoms with E-state index in [2.05, 4.69) is 77.9 Å². The summed E-state index contributed by atoms with van der Waals surface area (Å²) < 4.78 is 0. The van der Waals surface area contributed by atoms with Crippen molar-refractivity contribution in [2.45, 2.75) is 202 Å². The van der Waals surface area contributed by atoms with Crippen molar-refractivity contribution in [3.63, 3.8) is 0 Å². The second-order valence-electron chi connectivity index (χ2n) is 15.1. The highest BCUT2D eigenvalue weighted by Crippen LogP contribution is 2.41. The molecule has 0 N–H and O–H groups in total. The molecule has 0 nitrogen and oxygen atoms in total. The third kappa shape index (κ3) is 11.3. The minimum Gasteiger partial charge on any atom is -0.0649 e. The van der Waals surface area contributed by atoms with Gasteiger partial charge in [-0.2, -0.15) is 0 Å². The van der Waals surface area contributed by atoms with E-state index in [0.717, 1.165) is 6.42 Å². The van der Waals surface area contributed by atoms with Crippen molar-refractivity contribution < 1.29 is 0 Å². The summed E-state index contributed by atoms with van der Waals surface area (Å²) in [5.74, 6) is 0. The largest absolute Gasteiger partial charge is 0.0649 e. The fourth-order valence-electron chi connectivity index (χ4n) is 8.81. The third-order valence-corrected chi connectivity index (χ3v) is 13.0. The van der Waals surface area contributed by atoms with Crippen LogP contribution in [0.2, 0.25) is 0 Å². The van der Waals surface area contributed by atoms with Crippen molar-refractivity contribution in [2.24, 2.45) is 10.8 Å². The summed E-state index contributed by atoms with van der Waals surface area (Å²) in [6.07, 6.45) is 34.6. The highest BCUT2D eigenvalue weighted by molar-refractivity contribution is 5.78. The molecule has 254 valence electrons. The Morgan fingerprint density at radius 3 is 1.40 bits per heavy atom. The molecule has 45 heavy (non-hydrogen) atoms. The topological polar surface area (TPSA) is 0 Å². The van der Waals surface area contributed by atoms with Crippen molar-refractivity contribution in [1.29, 1.82) is 0 Å². The maximum absolute atomic E-state index is 2.51. The number of benzene rings is 2. The Morgan fingerprint density at radius 2 is 0.889 bits per heavy atom. The summed E-state index contributed by atoms with van der Waals surface area (Å²) in [5, 5.41) is 0. The van der Waals surface area contributed by atoms with Gasteiger partial charge in [-0.3, -0.25) is 0 Å². The van der Waals surface area contributed by atoms with Crippen LogP contribution in [0.25, 0.3) is 11.1 Å². The summed E-state index contributed by atoms with van der Waals surface area (Å²) in [6.45, 7) is 14.4. The molecule has 3 rings (SSSR count). The molecule has 2 aromatic rings. The zero-order valence-electron chi connectivity index (χ0n) is 31.1. The molecule has 0 heteroatoms. The SMILES string of the molecule is CCC(CC)(CC)CCCCCCCCCc1ccc2c(c1CCCCCCCCCC(CC)(CC)CC)Cc1ccccc1-2. The highest BCUT2D eigenvalue weighted by atomic mass is 14.3. The van der Waals surface area contributed by atoms with E-state index in [4.69, 9.17) is 0 Å². The molecule has 0 unspecified atom stereocenters. The van der Waals surface area contributed by atoms with Crippen LogP contribution in [0, 0.1) is 10.8 Å². The number of fused-ring (bicyclic) bond motifs is 3. The van der Waals surface area contributed by atoms with Gasteiger partial charge < -0.3 is 0 Å². The molecule has 1 aliphatic rings. The van der Waals surface area contributed by atoms with E-state index in [1.807, 2.05) is 0 Å². The van der Waals surface area contributed by atoms with Gasteiger partial charge in [0.15, 0.2) is 0 Å². The van der Waals surface area contributed by atoms with Gasteiger partial charge in [-0.05, 0) is 89.2 Å². The number of hydrogen-bond donors (Lipinski definition) is 0. The van der Waals surface area contributed by atoms with Crippen LogP contribution in [0.4, 0.5) is 0 Å². The molecule has 0 aliphatic heterocycles. The van der Waals surface area contributed by atoms with Gasteiger partial charge >= 0.3 is 0 Å². The molecule has 0 saturated carbocycles. The van der Waals surface area contributed by atoms with E-state index in [0.29, 0.717) is 10.8 Å². The smallest absolute Gasteiger partial charge is 0.00106 e. The van der Waals surface area contributed by atoms with Gasteiger partial charge in [-0.25, -0.2) is 0 Å². The lowest BCUT2D eigenvalue weighted by Gasteiger charge is -2.30. The monoisotopic (exact) mass is 615 g/mol. The average molecular weight is 615 g/mol. The normalized spacial score (nSPS) is 12.9. The molecule has 1 aliphatic carbocycles.